The van der Waals surface area contributed by atoms with Crippen LogP contribution in [0.3, 0.4) is 0 Å². The average molecular weight is 272 g/mol. The van der Waals surface area contributed by atoms with Crippen molar-refractivity contribution in [3.05, 3.63) is 41.0 Å². The Balaban J connectivity index is 1.91. The van der Waals surface area contributed by atoms with Gasteiger partial charge in [0.15, 0.2) is 0 Å². The number of thioether (sulfide) groups is 1. The molecule has 0 radical (unpaired) electrons. The number of nitrogens with zero attached hydrogens (tertiary/aromatic N) is 1. The normalized spacial score (nSPS) is 13.8. The van der Waals surface area contributed by atoms with Crippen LogP contribution in [0.2, 0.25) is 0 Å². The molecule has 0 saturated heterocycles. The highest BCUT2D eigenvalue weighted by Crippen LogP contribution is 2.40. The predicted molar refractivity (Wildman–Crippen MR) is 75.7 cm³/mol. The second-order valence-electron chi connectivity index (χ2n) is 4.02. The van der Waals surface area contributed by atoms with Crippen LogP contribution in [0.25, 0.3) is 17.0 Å². The molecule has 0 aliphatic carbocycles. The van der Waals surface area contributed by atoms with Crippen molar-refractivity contribution in [2.75, 3.05) is 6.61 Å². The van der Waals surface area contributed by atoms with Gasteiger partial charge in [-0.05, 0) is 31.2 Å². The van der Waals surface area contributed by atoms with E-state index in [1.807, 2.05) is 18.2 Å². The number of aromatic nitrogens is 2. The molecule has 0 bridgehead atoms. The Morgan fingerprint density at radius 3 is 3.26 bits per heavy atom. The second kappa shape index (κ2) is 4.93. The molecule has 0 spiro atoms. The molecule has 4 nitrogen and oxygen atoms in total. The van der Waals surface area contributed by atoms with Crippen molar-refractivity contribution >= 4 is 34.7 Å². The van der Waals surface area contributed by atoms with Crippen LogP contribution in [0.5, 0.6) is 0 Å². The summed E-state index contributed by atoms with van der Waals surface area (Å²) in [4.78, 5) is 13.4. The Morgan fingerprint density at radius 2 is 2.42 bits per heavy atom. The lowest BCUT2D eigenvalue weighted by Crippen LogP contribution is -1.99. The van der Waals surface area contributed by atoms with Crippen molar-refractivity contribution in [1.29, 1.82) is 0 Å². The van der Waals surface area contributed by atoms with Gasteiger partial charge in [0.1, 0.15) is 0 Å². The SMILES string of the molecule is CCOC(=O)C=CC1=Cc2[nH]nc3cccc(c23)S1. The number of hydrogen-bond acceptors (Lipinski definition) is 4. The molecule has 1 aromatic carbocycles. The van der Waals surface area contributed by atoms with Crippen molar-refractivity contribution in [1.82, 2.24) is 10.2 Å². The van der Waals surface area contributed by atoms with Crippen LogP contribution >= 0.6 is 11.8 Å². The summed E-state index contributed by atoms with van der Waals surface area (Å²) in [6.45, 7) is 2.18. The monoisotopic (exact) mass is 272 g/mol. The molecule has 0 fully saturated rings. The molecule has 0 atom stereocenters. The maximum absolute atomic E-state index is 11.3. The molecule has 1 N–H and O–H groups in total. The molecule has 1 aliphatic heterocycles. The van der Waals surface area contributed by atoms with E-state index in [-0.39, 0.29) is 5.97 Å². The van der Waals surface area contributed by atoms with E-state index in [2.05, 4.69) is 16.3 Å². The standard InChI is InChI=1S/C14H12N2O2S/c1-2-18-13(17)7-6-9-8-11-14-10(15-16-11)4-3-5-12(14)19-9/h3-8H,2H2,1H3,(H,15,16). The van der Waals surface area contributed by atoms with Gasteiger partial charge in [-0.15, -0.1) is 0 Å². The van der Waals surface area contributed by atoms with Gasteiger partial charge in [0.25, 0.3) is 0 Å². The Labute approximate surface area is 114 Å². The quantitative estimate of drug-likeness (QED) is 0.689. The number of carbonyl (C=O) groups excluding carboxylic acids is 1. The summed E-state index contributed by atoms with van der Waals surface area (Å²) in [5.74, 6) is -0.322. The van der Waals surface area contributed by atoms with Crippen LogP contribution in [0.4, 0.5) is 0 Å². The highest BCUT2D eigenvalue weighted by Gasteiger charge is 2.15. The summed E-state index contributed by atoms with van der Waals surface area (Å²) < 4.78 is 4.86. The molecular formula is C14H12N2O2S. The van der Waals surface area contributed by atoms with Crippen LogP contribution in [-0.2, 0) is 9.53 Å². The lowest BCUT2D eigenvalue weighted by atomic mass is 10.2. The topological polar surface area (TPSA) is 55.0 Å². The molecule has 0 unspecified atom stereocenters. The minimum Gasteiger partial charge on any atom is -0.463 e. The molecule has 3 rings (SSSR count). The maximum Gasteiger partial charge on any atom is 0.330 e. The second-order valence-corrected chi connectivity index (χ2v) is 5.14. The predicted octanol–water partition coefficient (Wildman–Crippen LogP) is 3.13. The van der Waals surface area contributed by atoms with Crippen molar-refractivity contribution in [2.24, 2.45) is 0 Å². The average Bonchev–Trinajstić information content (AvgIpc) is 2.82. The molecule has 0 saturated carbocycles. The molecule has 5 heteroatoms. The third kappa shape index (κ3) is 2.29. The molecule has 0 amide bonds. The number of benzene rings is 1. The number of H-pyrrole nitrogens is 1. The smallest absolute Gasteiger partial charge is 0.330 e. The summed E-state index contributed by atoms with van der Waals surface area (Å²) in [7, 11) is 0. The number of allylic oxidation sites excluding steroid dienone is 1. The first-order valence-corrected chi connectivity index (χ1v) is 6.81. The van der Waals surface area contributed by atoms with Crippen LogP contribution in [-0.4, -0.2) is 22.8 Å². The van der Waals surface area contributed by atoms with Gasteiger partial charge in [0.05, 0.1) is 17.8 Å². The number of nitrogens with one attached hydrogen (secondary N) is 1. The minimum atomic E-state index is -0.322. The van der Waals surface area contributed by atoms with Gasteiger partial charge < -0.3 is 4.74 Å². The van der Waals surface area contributed by atoms with Gasteiger partial charge in [0, 0.05) is 21.3 Å². The van der Waals surface area contributed by atoms with Crippen LogP contribution < -0.4 is 0 Å². The van der Waals surface area contributed by atoms with E-state index in [0.717, 1.165) is 26.4 Å². The molecule has 1 aromatic heterocycles. The minimum absolute atomic E-state index is 0.322. The number of rotatable bonds is 3. The molecule has 2 aromatic rings. The third-order valence-corrected chi connectivity index (χ3v) is 3.80. The number of hydrogen-bond donors (Lipinski definition) is 1. The summed E-state index contributed by atoms with van der Waals surface area (Å²) >= 11 is 1.62. The first kappa shape index (κ1) is 12.0. The summed E-state index contributed by atoms with van der Waals surface area (Å²) in [5.41, 5.74) is 1.94. The Kier molecular flexibility index (Phi) is 3.13. The van der Waals surface area contributed by atoms with Gasteiger partial charge in [-0.3, -0.25) is 5.10 Å². The van der Waals surface area contributed by atoms with Gasteiger partial charge in [-0.2, -0.15) is 5.10 Å². The van der Waals surface area contributed by atoms with Crippen molar-refractivity contribution < 1.29 is 9.53 Å². The van der Waals surface area contributed by atoms with E-state index in [9.17, 15) is 4.79 Å². The van der Waals surface area contributed by atoms with Crippen LogP contribution in [0, 0.1) is 0 Å². The fourth-order valence-electron chi connectivity index (χ4n) is 1.97. The zero-order chi connectivity index (χ0) is 13.2. The van der Waals surface area contributed by atoms with Gasteiger partial charge in [0.2, 0.25) is 0 Å². The van der Waals surface area contributed by atoms with E-state index in [0.29, 0.717) is 6.61 Å². The fraction of sp³-hybridized carbons (Fsp3) is 0.143. The van der Waals surface area contributed by atoms with Crippen LogP contribution in [0.15, 0.2) is 40.2 Å². The summed E-state index contributed by atoms with van der Waals surface area (Å²) in [6, 6.07) is 6.01. The van der Waals surface area contributed by atoms with Gasteiger partial charge in [-0.25, -0.2) is 4.79 Å². The number of aromatic amines is 1. The number of carbonyl (C=O) groups is 1. The zero-order valence-corrected chi connectivity index (χ0v) is 11.2. The molecule has 1 aliphatic rings. The highest BCUT2D eigenvalue weighted by atomic mass is 32.2. The number of esters is 1. The number of ether oxygens (including phenoxy) is 1. The van der Waals surface area contributed by atoms with E-state index in [4.69, 9.17) is 4.74 Å². The van der Waals surface area contributed by atoms with Crippen molar-refractivity contribution in [3.8, 4) is 0 Å². The van der Waals surface area contributed by atoms with E-state index in [1.54, 1.807) is 24.8 Å². The maximum atomic E-state index is 11.3. The zero-order valence-electron chi connectivity index (χ0n) is 10.3. The molecular weight excluding hydrogens is 260 g/mol. The Morgan fingerprint density at radius 1 is 1.53 bits per heavy atom. The van der Waals surface area contributed by atoms with Crippen LogP contribution in [0.1, 0.15) is 12.6 Å². The Hall–Kier alpha value is -2.01. The molecule has 2 heterocycles. The lowest BCUT2D eigenvalue weighted by molar-refractivity contribution is -0.137. The van der Waals surface area contributed by atoms with Gasteiger partial charge >= 0.3 is 5.97 Å². The highest BCUT2D eigenvalue weighted by molar-refractivity contribution is 8.03. The van der Waals surface area contributed by atoms with E-state index < -0.39 is 0 Å². The molecule has 96 valence electrons. The summed E-state index contributed by atoms with van der Waals surface area (Å²) in [6.07, 6.45) is 5.21. The van der Waals surface area contributed by atoms with E-state index >= 15 is 0 Å². The largest absolute Gasteiger partial charge is 0.463 e. The lowest BCUT2D eigenvalue weighted by Gasteiger charge is -2.09. The molecule has 19 heavy (non-hydrogen) atoms. The summed E-state index contributed by atoms with van der Waals surface area (Å²) in [5, 5.41) is 8.40. The van der Waals surface area contributed by atoms with Crippen molar-refractivity contribution in [2.45, 2.75) is 11.8 Å². The van der Waals surface area contributed by atoms with E-state index in [1.165, 1.54) is 6.08 Å². The third-order valence-electron chi connectivity index (χ3n) is 2.76. The van der Waals surface area contributed by atoms with Gasteiger partial charge in [-0.1, -0.05) is 17.8 Å². The first-order chi connectivity index (χ1) is 9.28. The van der Waals surface area contributed by atoms with Crippen molar-refractivity contribution in [3.63, 3.8) is 0 Å². The Bertz CT molecular complexity index is 701. The fourth-order valence-corrected chi connectivity index (χ4v) is 3.00. The first-order valence-electron chi connectivity index (χ1n) is 5.99.